The molecule has 12 heterocycles. The Balaban J connectivity index is 0.000000118. The van der Waals surface area contributed by atoms with Crippen molar-refractivity contribution in [3.8, 4) is 90.3 Å². The average Bonchev–Trinajstić information content (AvgIpc) is 1.63. The molecule has 2 unspecified atom stereocenters. The van der Waals surface area contributed by atoms with Gasteiger partial charge in [0.25, 0.3) is 22.2 Å². The number of aromatic amines is 4. The van der Waals surface area contributed by atoms with Crippen molar-refractivity contribution < 1.29 is 33.5 Å². The SMILES string of the molecule is CN1CCC(COc2ccc(-c3cn(-c4ccccc4)c4c(=O)[nH]cnc34)cc2)C1.CN1CCC(Oc2ccc(-c3cn(-c4ccccc4)c4c(=O)[nH]cnc34)cc2)CC1.O=c1[nH]cnc2c(-c3ccc(OCC(O)CN4CCOCC4)cc3)cn(-c3ccccc3)c12.O=c1[nH]cnc2c(-c3ccc(OCCCN4CCOCC4)cc3)cn(-c3ccccc3)c12. The molecule has 0 radical (unpaired) electrons. The topological polar surface area (TPSA) is 291 Å². The van der Waals surface area contributed by atoms with Crippen molar-refractivity contribution >= 4 is 44.1 Å². The molecule has 0 bridgehead atoms. The van der Waals surface area contributed by atoms with E-state index in [4.69, 9.17) is 28.4 Å². The zero-order chi connectivity index (χ0) is 85.4. The van der Waals surface area contributed by atoms with Crippen LogP contribution in [0.15, 0.2) is 288 Å². The molecule has 0 aliphatic carbocycles. The fourth-order valence-corrected chi connectivity index (χ4v) is 16.5. The molecular weight excluding hydrogens is 1580 g/mol. The van der Waals surface area contributed by atoms with E-state index < -0.39 is 6.10 Å². The number of aromatic nitrogens is 12. The minimum Gasteiger partial charge on any atom is -0.494 e. The van der Waals surface area contributed by atoms with E-state index in [1.807, 2.05) is 261 Å². The first-order chi connectivity index (χ1) is 61.4. The lowest BCUT2D eigenvalue weighted by Crippen LogP contribution is -2.42. The van der Waals surface area contributed by atoms with Gasteiger partial charge in [0.2, 0.25) is 0 Å². The van der Waals surface area contributed by atoms with Gasteiger partial charge >= 0.3 is 0 Å². The predicted octanol–water partition coefficient (Wildman–Crippen LogP) is 13.5. The lowest BCUT2D eigenvalue weighted by atomic mass is 10.1. The van der Waals surface area contributed by atoms with Crippen LogP contribution in [-0.2, 0) is 9.47 Å². The summed E-state index contributed by atoms with van der Waals surface area (Å²) in [4.78, 5) is 88.2. The van der Waals surface area contributed by atoms with E-state index in [1.165, 1.54) is 31.7 Å². The van der Waals surface area contributed by atoms with Crippen LogP contribution in [0.25, 0.3) is 111 Å². The number of benzene rings is 8. The lowest BCUT2D eigenvalue weighted by molar-refractivity contribution is 0.00465. The molecule has 0 saturated carbocycles. The molecule has 5 N–H and O–H groups in total. The van der Waals surface area contributed by atoms with Gasteiger partial charge in [0.1, 0.15) is 85.9 Å². The molecule has 8 aromatic carbocycles. The fraction of sp³-hybridized carbons (Fsp3) is 0.265. The standard InChI is InChI=1S/C25H26N4O4.C25H26N4O3.2C24H24N4O2/c30-20(14-28-10-12-32-13-11-28)16-33-21-8-6-18(7-9-21)22-15-29(19-4-2-1-3-5-19)24-23(22)26-17-27-25(24)31;30-25-24-23(26-18-27-25)22(17-29(24)20-5-2-1-3-6-20)19-7-9-21(10-8-19)32-14-4-11-28-12-15-31-16-13-28;1-27-13-11-20(12-14-27)30-19-9-7-17(8-10-19)21-15-28(18-5-3-2-4-6-18)23-22(21)25-16-26-24(23)29;1-27-12-11-17(13-27)15-30-20-9-7-18(8-10-20)21-14-28(19-5-3-2-4-6-19)23-22(21)25-16-26-24(23)29/h1-9,15,17,20,30H,10-14,16H2,(H,26,27,31);1-3,5-10,17-18H,4,11-16H2,(H,26,27,30);2-10,15-16,20H,11-14H2,1H3,(H,25,26,29);2-10,14,16-17H,11-13,15H2,1H3,(H,25,26,29). The zero-order valence-corrected chi connectivity index (χ0v) is 69.9. The van der Waals surface area contributed by atoms with Crippen LogP contribution in [0.5, 0.6) is 23.0 Å². The minimum absolute atomic E-state index is 0.155. The fourth-order valence-electron chi connectivity index (χ4n) is 16.5. The number of hydrogen-bond donors (Lipinski definition) is 5. The first kappa shape index (κ1) is 83.6. The van der Waals surface area contributed by atoms with Gasteiger partial charge in [-0.05, 0) is 166 Å². The van der Waals surface area contributed by atoms with Crippen LogP contribution in [0.3, 0.4) is 0 Å². The van der Waals surface area contributed by atoms with Crippen LogP contribution < -0.4 is 41.2 Å². The quantitative estimate of drug-likeness (QED) is 0.0372. The number of piperidine rings is 1. The van der Waals surface area contributed by atoms with Crippen molar-refractivity contribution in [3.63, 3.8) is 0 Å². The molecule has 16 aromatic rings. The van der Waals surface area contributed by atoms with Gasteiger partial charge in [0, 0.05) is 135 Å². The Hall–Kier alpha value is -13.6. The summed E-state index contributed by atoms with van der Waals surface area (Å²) >= 11 is 0. The van der Waals surface area contributed by atoms with Gasteiger partial charge in [-0.25, -0.2) is 19.9 Å². The molecule has 0 amide bonds. The highest BCUT2D eigenvalue weighted by molar-refractivity contribution is 5.97. The predicted molar refractivity (Wildman–Crippen MR) is 487 cm³/mol. The molecular formula is C98H100N16O11. The van der Waals surface area contributed by atoms with E-state index in [9.17, 15) is 24.3 Å². The van der Waals surface area contributed by atoms with Crippen LogP contribution in [-0.4, -0.2) is 221 Å². The monoisotopic (exact) mass is 1680 g/mol. The van der Waals surface area contributed by atoms with Gasteiger partial charge < -0.3 is 81.5 Å². The number of para-hydroxylation sites is 4. The van der Waals surface area contributed by atoms with Gasteiger partial charge in [0.05, 0.1) is 65.0 Å². The molecule has 8 aromatic heterocycles. The van der Waals surface area contributed by atoms with E-state index in [1.54, 1.807) is 0 Å². The number of aliphatic hydroxyl groups excluding tert-OH is 1. The third-order valence-electron chi connectivity index (χ3n) is 23.1. The normalized spacial score (nSPS) is 15.6. The van der Waals surface area contributed by atoms with Crippen LogP contribution >= 0.6 is 0 Å². The highest BCUT2D eigenvalue weighted by Crippen LogP contribution is 2.37. The third-order valence-corrected chi connectivity index (χ3v) is 23.1. The molecule has 638 valence electrons. The highest BCUT2D eigenvalue weighted by Gasteiger charge is 2.25. The number of aliphatic hydroxyl groups is 1. The summed E-state index contributed by atoms with van der Waals surface area (Å²) in [6.07, 6.45) is 17.6. The summed E-state index contributed by atoms with van der Waals surface area (Å²) < 4.78 is 42.2. The highest BCUT2D eigenvalue weighted by atomic mass is 16.5. The molecule has 4 aliphatic heterocycles. The van der Waals surface area contributed by atoms with E-state index in [2.05, 4.69) is 73.6 Å². The number of morpholine rings is 2. The Morgan fingerprint density at radius 2 is 0.728 bits per heavy atom. The van der Waals surface area contributed by atoms with E-state index in [-0.39, 0.29) is 34.9 Å². The van der Waals surface area contributed by atoms with Crippen LogP contribution in [0.4, 0.5) is 0 Å². The Kier molecular flexibility index (Phi) is 26.5. The molecule has 27 heteroatoms. The smallest absolute Gasteiger partial charge is 0.275 e. The van der Waals surface area contributed by atoms with E-state index in [0.29, 0.717) is 82.2 Å². The number of nitrogens with zero attached hydrogens (tertiary/aromatic N) is 12. The maximum atomic E-state index is 12.6. The number of rotatable bonds is 23. The zero-order valence-electron chi connectivity index (χ0n) is 69.9. The Labute approximate surface area is 721 Å². The Morgan fingerprint density at radius 1 is 0.392 bits per heavy atom. The summed E-state index contributed by atoms with van der Waals surface area (Å²) in [7, 11) is 4.30. The average molecular weight is 1680 g/mol. The van der Waals surface area contributed by atoms with Gasteiger partial charge in [-0.3, -0.25) is 29.0 Å². The Bertz CT molecular complexity index is 6480. The minimum atomic E-state index is -0.567. The van der Waals surface area contributed by atoms with Gasteiger partial charge in [-0.2, -0.15) is 0 Å². The number of nitrogens with one attached hydrogen (secondary N) is 4. The molecule has 2 atom stereocenters. The molecule has 125 heavy (non-hydrogen) atoms. The first-order valence-corrected chi connectivity index (χ1v) is 42.5. The van der Waals surface area contributed by atoms with Crippen LogP contribution in [0, 0.1) is 5.92 Å². The second-order valence-corrected chi connectivity index (χ2v) is 31.7. The number of hydrogen-bond acceptors (Lipinski definition) is 19. The van der Waals surface area contributed by atoms with Crippen LogP contribution in [0.2, 0.25) is 0 Å². The molecule has 20 rings (SSSR count). The van der Waals surface area contributed by atoms with E-state index in [0.717, 1.165) is 182 Å². The van der Waals surface area contributed by atoms with Crippen molar-refractivity contribution in [3.05, 3.63) is 310 Å². The maximum absolute atomic E-state index is 12.6. The summed E-state index contributed by atoms with van der Waals surface area (Å²) in [6.45, 7) is 14.4. The lowest BCUT2D eigenvalue weighted by Gasteiger charge is -2.29. The van der Waals surface area contributed by atoms with Crippen molar-refractivity contribution in [1.29, 1.82) is 0 Å². The molecule has 27 nitrogen and oxygen atoms in total. The summed E-state index contributed by atoms with van der Waals surface area (Å²) in [5.74, 6) is 3.86. The number of fused-ring (bicyclic) bond motifs is 4. The van der Waals surface area contributed by atoms with E-state index >= 15 is 0 Å². The van der Waals surface area contributed by atoms with Gasteiger partial charge in [-0.1, -0.05) is 121 Å². The van der Waals surface area contributed by atoms with Crippen molar-refractivity contribution in [2.24, 2.45) is 5.92 Å². The molecule has 4 aliphatic rings. The summed E-state index contributed by atoms with van der Waals surface area (Å²) in [5, 5.41) is 10.3. The number of H-pyrrole nitrogens is 4. The second-order valence-electron chi connectivity index (χ2n) is 31.7. The van der Waals surface area contributed by atoms with Crippen LogP contribution in [0.1, 0.15) is 25.7 Å². The molecule has 4 fully saturated rings. The van der Waals surface area contributed by atoms with Gasteiger partial charge in [-0.15, -0.1) is 0 Å². The largest absolute Gasteiger partial charge is 0.494 e. The van der Waals surface area contributed by atoms with Crippen molar-refractivity contribution in [1.82, 2.24) is 77.7 Å². The molecule has 0 spiro atoms. The Morgan fingerprint density at radius 3 is 1.09 bits per heavy atom. The number of likely N-dealkylation sites (tertiary alicyclic amines) is 2. The summed E-state index contributed by atoms with van der Waals surface area (Å²) in [5.41, 5.74) is 15.3. The maximum Gasteiger partial charge on any atom is 0.275 e. The van der Waals surface area contributed by atoms with Crippen molar-refractivity contribution in [2.75, 3.05) is 126 Å². The molecule has 4 saturated heterocycles. The number of ether oxygens (including phenoxy) is 6. The second kappa shape index (κ2) is 39.7. The van der Waals surface area contributed by atoms with Gasteiger partial charge in [0.15, 0.2) is 0 Å². The summed E-state index contributed by atoms with van der Waals surface area (Å²) in [6, 6.07) is 71.0. The first-order valence-electron chi connectivity index (χ1n) is 42.5. The number of β-amino-alcohol motifs (C(OH)–C–C–N with tert-alkyl or cyclic N) is 1. The van der Waals surface area contributed by atoms with Crippen molar-refractivity contribution in [2.45, 2.75) is 37.9 Å². The third kappa shape index (κ3) is 20.0.